The van der Waals surface area contributed by atoms with Crippen LogP contribution in [-0.4, -0.2) is 54.9 Å². The van der Waals surface area contributed by atoms with Gasteiger partial charge in [-0.1, -0.05) is 0 Å². The van der Waals surface area contributed by atoms with Crippen molar-refractivity contribution >= 4 is 10.9 Å². The third kappa shape index (κ3) is 13.7. The van der Waals surface area contributed by atoms with Crippen molar-refractivity contribution < 1.29 is 42.6 Å². The molecule has 3 rings (SSSR count). The predicted octanol–water partition coefficient (Wildman–Crippen LogP) is 11.9. The molecule has 0 heterocycles. The summed E-state index contributed by atoms with van der Waals surface area (Å²) in [6, 6.07) is 11.7. The third-order valence-corrected chi connectivity index (χ3v) is 9.32. The van der Waals surface area contributed by atoms with Gasteiger partial charge in [-0.15, -0.1) is 0 Å². The van der Waals surface area contributed by atoms with Crippen LogP contribution < -0.4 is 42.6 Å². The van der Waals surface area contributed by atoms with E-state index in [-0.39, 0.29) is 54.9 Å². The Bertz CT molecular complexity index is 1370. The predicted molar refractivity (Wildman–Crippen MR) is 223 cm³/mol. The molecular weight excluding hydrogens is 717 g/mol. The maximum absolute atomic E-state index is 6.78. The summed E-state index contributed by atoms with van der Waals surface area (Å²) in [7, 11) is -1.16. The Morgan fingerprint density at radius 2 is 0.400 bits per heavy atom. The molecule has 0 saturated carbocycles. The normalized spacial score (nSPS) is 12.0. The summed E-state index contributed by atoms with van der Waals surface area (Å²) in [5.41, 5.74) is 0. The number of benzene rings is 3. The molecule has 0 spiro atoms. The van der Waals surface area contributed by atoms with Crippen LogP contribution >= 0.6 is 0 Å². The summed E-state index contributed by atoms with van der Waals surface area (Å²) >= 11 is 0. The highest BCUT2D eigenvalue weighted by Gasteiger charge is 2.48. The van der Waals surface area contributed by atoms with Crippen LogP contribution in [-0.2, 0) is 10.9 Å². The second kappa shape index (κ2) is 20.4. The first-order valence-electron chi connectivity index (χ1n) is 19.9. The minimum Gasteiger partial charge on any atom is -0.491 e. The van der Waals surface area contributed by atoms with Crippen LogP contribution in [0.5, 0.6) is 51.7 Å². The Kier molecular flexibility index (Phi) is 16.9. The first-order valence-corrected chi connectivity index (χ1v) is 21.2. The van der Waals surface area contributed by atoms with E-state index in [1.807, 2.05) is 161 Å². The lowest BCUT2D eigenvalue weighted by Crippen LogP contribution is -2.21. The van der Waals surface area contributed by atoms with E-state index in [1.165, 1.54) is 0 Å². The molecule has 0 atom stereocenters. The van der Waals surface area contributed by atoms with Crippen molar-refractivity contribution in [2.45, 2.75) is 194 Å². The van der Waals surface area contributed by atoms with Gasteiger partial charge >= 0.3 is 0 Å². The molecule has 0 aliphatic carbocycles. The highest BCUT2D eigenvalue weighted by atomic mass is 32.2. The van der Waals surface area contributed by atoms with Gasteiger partial charge < -0.3 is 42.6 Å². The Morgan fingerprint density at radius 1 is 0.255 bits per heavy atom. The fourth-order valence-corrected chi connectivity index (χ4v) is 8.10. The summed E-state index contributed by atoms with van der Waals surface area (Å²) in [6.07, 6.45) is -1.39. The molecule has 3 aromatic carbocycles. The molecule has 0 aliphatic heterocycles. The van der Waals surface area contributed by atoms with Gasteiger partial charge in [0.25, 0.3) is 14.7 Å². The van der Waals surface area contributed by atoms with E-state index in [0.717, 1.165) is 14.7 Å². The van der Waals surface area contributed by atoms with Crippen LogP contribution in [0.1, 0.15) is 125 Å². The topological polar surface area (TPSA) is 83.1 Å². The third-order valence-electron chi connectivity index (χ3n) is 6.89. The number of ether oxygens (including phenoxy) is 9. The van der Waals surface area contributed by atoms with Gasteiger partial charge in [0.05, 0.1) is 54.9 Å². The molecule has 0 fully saturated rings. The molecule has 10 heteroatoms. The van der Waals surface area contributed by atoms with E-state index in [4.69, 9.17) is 42.6 Å². The molecule has 0 saturated heterocycles. The van der Waals surface area contributed by atoms with Gasteiger partial charge in [0, 0.05) is 36.4 Å². The summed E-state index contributed by atoms with van der Waals surface area (Å²) in [6.45, 7) is 36.2. The molecule has 0 bridgehead atoms. The van der Waals surface area contributed by atoms with Gasteiger partial charge in [-0.05, 0) is 125 Å². The molecule has 9 nitrogen and oxygen atoms in total. The van der Waals surface area contributed by atoms with Crippen molar-refractivity contribution in [1.82, 2.24) is 0 Å². The van der Waals surface area contributed by atoms with E-state index in [0.29, 0.717) is 51.7 Å². The van der Waals surface area contributed by atoms with Crippen LogP contribution in [0.25, 0.3) is 0 Å². The summed E-state index contributed by atoms with van der Waals surface area (Å²) in [4.78, 5) is 2.29. The van der Waals surface area contributed by atoms with Crippen molar-refractivity contribution in [3.05, 3.63) is 36.4 Å². The smallest absolute Gasteiger partial charge is 0.250 e. The van der Waals surface area contributed by atoms with E-state index in [1.54, 1.807) is 0 Å². The van der Waals surface area contributed by atoms with Crippen LogP contribution in [0.4, 0.5) is 0 Å². The van der Waals surface area contributed by atoms with Crippen LogP contribution in [0.3, 0.4) is 0 Å². The van der Waals surface area contributed by atoms with E-state index in [9.17, 15) is 0 Å². The van der Waals surface area contributed by atoms with Crippen molar-refractivity contribution in [2.24, 2.45) is 0 Å². The van der Waals surface area contributed by atoms with E-state index in [2.05, 4.69) is 0 Å². The van der Waals surface area contributed by atoms with Crippen molar-refractivity contribution in [3.8, 4) is 51.7 Å². The zero-order valence-electron chi connectivity index (χ0n) is 36.7. The van der Waals surface area contributed by atoms with Crippen LogP contribution in [0.15, 0.2) is 51.1 Å². The molecule has 0 unspecified atom stereocenters. The zero-order chi connectivity index (χ0) is 41.3. The monoisotopic (exact) mass is 785 g/mol. The summed E-state index contributed by atoms with van der Waals surface area (Å²) < 4.78 is 59.7. The number of rotatable bonds is 21. The number of hydrogen-bond acceptors (Lipinski definition) is 9. The maximum atomic E-state index is 6.78. The highest BCUT2D eigenvalue weighted by molar-refractivity contribution is 7.97. The standard InChI is InChI=1S/C45H69O9S/c1-25(2)46-34-19-37(49-28(7)8)43(38(20-34)50-29(9)10)55(44-39(51-30(11)12)21-35(47-26(3)4)22-40(44)52-31(13)14)45-41(53-32(15)16)23-36(48-27(5)6)24-42(45)54-33(17)18/h19-33H,1-18H3/q+1. The van der Waals surface area contributed by atoms with Crippen LogP contribution in [0, 0.1) is 0 Å². The van der Waals surface area contributed by atoms with Crippen molar-refractivity contribution in [1.29, 1.82) is 0 Å². The quantitative estimate of drug-likeness (QED) is 0.0980. The summed E-state index contributed by atoms with van der Waals surface area (Å²) in [5.74, 6) is 5.44. The molecule has 0 aromatic heterocycles. The Morgan fingerprint density at radius 3 is 0.527 bits per heavy atom. The van der Waals surface area contributed by atoms with Crippen LogP contribution in [0.2, 0.25) is 0 Å². The lowest BCUT2D eigenvalue weighted by Gasteiger charge is -2.26. The Balaban J connectivity index is 2.82. The fourth-order valence-electron chi connectivity index (χ4n) is 5.64. The minimum atomic E-state index is -1.16. The van der Waals surface area contributed by atoms with E-state index >= 15 is 0 Å². The van der Waals surface area contributed by atoms with Gasteiger partial charge in [0.1, 0.15) is 28.1 Å². The van der Waals surface area contributed by atoms with Gasteiger partial charge in [-0.25, -0.2) is 0 Å². The van der Waals surface area contributed by atoms with Crippen molar-refractivity contribution in [3.63, 3.8) is 0 Å². The minimum absolute atomic E-state index is 0.0842. The second-order valence-corrected chi connectivity index (χ2v) is 17.9. The molecule has 0 N–H and O–H groups in total. The molecule has 0 amide bonds. The first kappa shape index (κ1) is 45.6. The number of hydrogen-bond donors (Lipinski definition) is 0. The average Bonchev–Trinajstić information content (AvgIpc) is 2.97. The SMILES string of the molecule is CC(C)Oc1cc(OC(C)C)c([S+](c2c(OC(C)C)cc(OC(C)C)cc2OC(C)C)c2c(OC(C)C)cc(OC(C)C)cc2OC(C)C)c(OC(C)C)c1. The van der Waals surface area contributed by atoms with Crippen molar-refractivity contribution in [2.75, 3.05) is 0 Å². The maximum Gasteiger partial charge on any atom is 0.250 e. The van der Waals surface area contributed by atoms with Gasteiger partial charge in [0.15, 0.2) is 34.5 Å². The summed E-state index contributed by atoms with van der Waals surface area (Å²) in [5, 5.41) is 0. The first-order chi connectivity index (χ1) is 25.6. The van der Waals surface area contributed by atoms with Gasteiger partial charge in [0.2, 0.25) is 0 Å². The molecular formula is C45H69O9S+. The largest absolute Gasteiger partial charge is 0.491 e. The Labute approximate surface area is 335 Å². The molecule has 0 aliphatic rings. The second-order valence-electron chi connectivity index (χ2n) is 16.1. The van der Waals surface area contributed by atoms with Gasteiger partial charge in [-0.2, -0.15) is 0 Å². The average molecular weight is 786 g/mol. The molecule has 308 valence electrons. The van der Waals surface area contributed by atoms with Gasteiger partial charge in [-0.3, -0.25) is 0 Å². The lowest BCUT2D eigenvalue weighted by molar-refractivity contribution is 0.205. The highest BCUT2D eigenvalue weighted by Crippen LogP contribution is 2.56. The molecule has 3 aromatic rings. The zero-order valence-corrected chi connectivity index (χ0v) is 37.6. The Hall–Kier alpha value is -3.79. The van der Waals surface area contributed by atoms with E-state index < -0.39 is 10.9 Å². The molecule has 0 radical (unpaired) electrons. The fraction of sp³-hybridized carbons (Fsp3) is 0.600. The molecule has 55 heavy (non-hydrogen) atoms. The lowest BCUT2D eigenvalue weighted by atomic mass is 10.2.